The van der Waals surface area contributed by atoms with E-state index in [0.717, 1.165) is 30.9 Å². The fraction of sp³-hybridized carbons (Fsp3) is 0.588. The second-order valence-corrected chi connectivity index (χ2v) is 6.20. The van der Waals surface area contributed by atoms with E-state index in [9.17, 15) is 9.18 Å². The Balaban J connectivity index is 1.71. The normalized spacial score (nSPS) is 25.6. The maximum Gasteiger partial charge on any atom is 0.241 e. The number of benzene rings is 1. The number of hydrogen-bond donors (Lipinski definition) is 1. The molecule has 1 aliphatic carbocycles. The molecule has 1 saturated heterocycles. The second-order valence-electron chi connectivity index (χ2n) is 6.20. The fourth-order valence-electron chi connectivity index (χ4n) is 3.09. The van der Waals surface area contributed by atoms with E-state index in [0.29, 0.717) is 0 Å². The zero-order valence-electron chi connectivity index (χ0n) is 12.5. The molecule has 1 amide bonds. The van der Waals surface area contributed by atoms with Crippen molar-refractivity contribution in [1.82, 2.24) is 10.2 Å². The van der Waals surface area contributed by atoms with Crippen molar-refractivity contribution in [3.63, 3.8) is 0 Å². The molecular weight excluding hydrogens is 267 g/mol. The summed E-state index contributed by atoms with van der Waals surface area (Å²) in [4.78, 5) is 14.4. The summed E-state index contributed by atoms with van der Waals surface area (Å²) < 4.78 is 13.1. The first kappa shape index (κ1) is 14.5. The van der Waals surface area contributed by atoms with Crippen molar-refractivity contribution in [3.8, 4) is 0 Å². The topological polar surface area (TPSA) is 32.3 Å². The lowest BCUT2D eigenvalue weighted by Crippen LogP contribution is -2.32. The smallest absolute Gasteiger partial charge is 0.241 e. The summed E-state index contributed by atoms with van der Waals surface area (Å²) in [6.45, 7) is 2.81. The van der Waals surface area contributed by atoms with Crippen LogP contribution in [0.5, 0.6) is 0 Å². The van der Waals surface area contributed by atoms with E-state index in [2.05, 4.69) is 5.32 Å². The molecule has 1 saturated carbocycles. The third kappa shape index (κ3) is 3.26. The van der Waals surface area contributed by atoms with Crippen LogP contribution in [-0.4, -0.2) is 23.4 Å². The molecule has 0 radical (unpaired) electrons. The van der Waals surface area contributed by atoms with E-state index >= 15 is 0 Å². The van der Waals surface area contributed by atoms with Crippen LogP contribution in [0.4, 0.5) is 4.39 Å². The maximum atomic E-state index is 13.1. The van der Waals surface area contributed by atoms with Gasteiger partial charge in [0, 0.05) is 6.54 Å². The van der Waals surface area contributed by atoms with Gasteiger partial charge in [0.1, 0.15) is 12.0 Å². The van der Waals surface area contributed by atoms with Gasteiger partial charge >= 0.3 is 0 Å². The lowest BCUT2D eigenvalue weighted by molar-refractivity contribution is -0.130. The minimum absolute atomic E-state index is 0.109. The molecule has 1 aromatic carbocycles. The van der Waals surface area contributed by atoms with Gasteiger partial charge in [-0.25, -0.2) is 4.39 Å². The zero-order chi connectivity index (χ0) is 14.8. The van der Waals surface area contributed by atoms with Crippen molar-refractivity contribution >= 4 is 5.91 Å². The van der Waals surface area contributed by atoms with Gasteiger partial charge < -0.3 is 4.90 Å². The third-order valence-corrected chi connectivity index (χ3v) is 4.55. The Hall–Kier alpha value is -1.42. The minimum atomic E-state index is -0.240. The van der Waals surface area contributed by atoms with Crippen LogP contribution < -0.4 is 5.32 Å². The molecule has 0 aromatic heterocycles. The molecule has 114 valence electrons. The number of nitrogens with zero attached hydrogens (tertiary/aromatic N) is 1. The molecule has 2 unspecified atom stereocenters. The molecule has 1 heterocycles. The van der Waals surface area contributed by atoms with E-state index < -0.39 is 0 Å². The average Bonchev–Trinajstić information content (AvgIpc) is 3.25. The maximum absolute atomic E-state index is 13.1. The predicted molar refractivity (Wildman–Crippen MR) is 80.0 cm³/mol. The van der Waals surface area contributed by atoms with E-state index in [1.807, 2.05) is 11.8 Å². The highest BCUT2D eigenvalue weighted by Gasteiger charge is 2.38. The highest BCUT2D eigenvalue weighted by Crippen LogP contribution is 2.34. The van der Waals surface area contributed by atoms with Crippen molar-refractivity contribution < 1.29 is 9.18 Å². The summed E-state index contributed by atoms with van der Waals surface area (Å²) in [5, 5.41) is 3.38. The van der Waals surface area contributed by atoms with Crippen molar-refractivity contribution in [2.75, 3.05) is 6.54 Å². The van der Waals surface area contributed by atoms with E-state index in [4.69, 9.17) is 0 Å². The molecule has 1 N–H and O–H groups in total. The molecule has 0 bridgehead atoms. The first-order valence-corrected chi connectivity index (χ1v) is 8.01. The van der Waals surface area contributed by atoms with Gasteiger partial charge in [0.05, 0.1) is 6.04 Å². The number of rotatable bonds is 6. The van der Waals surface area contributed by atoms with Crippen molar-refractivity contribution in [3.05, 3.63) is 35.6 Å². The summed E-state index contributed by atoms with van der Waals surface area (Å²) in [5.41, 5.74) is 0.965. The molecule has 2 fully saturated rings. The van der Waals surface area contributed by atoms with Crippen LogP contribution in [0.1, 0.15) is 50.8 Å². The first-order chi connectivity index (χ1) is 10.2. The molecule has 3 nitrogen and oxygen atoms in total. The molecule has 21 heavy (non-hydrogen) atoms. The van der Waals surface area contributed by atoms with Gasteiger partial charge in [0.2, 0.25) is 5.91 Å². The summed E-state index contributed by atoms with van der Waals surface area (Å²) in [6, 6.07) is 6.35. The second kappa shape index (κ2) is 6.14. The van der Waals surface area contributed by atoms with Gasteiger partial charge in [0.25, 0.3) is 0 Å². The van der Waals surface area contributed by atoms with Crippen LogP contribution in [0.2, 0.25) is 0 Å². The molecule has 2 atom stereocenters. The quantitative estimate of drug-likeness (QED) is 0.872. The largest absolute Gasteiger partial charge is 0.322 e. The number of halogens is 1. The zero-order valence-corrected chi connectivity index (χ0v) is 12.5. The van der Waals surface area contributed by atoms with Crippen LogP contribution >= 0.6 is 0 Å². The number of carbonyl (C=O) groups excluding carboxylic acids is 1. The predicted octanol–water partition coefficient (Wildman–Crippen LogP) is 3.22. The van der Waals surface area contributed by atoms with Crippen molar-refractivity contribution in [2.24, 2.45) is 5.92 Å². The van der Waals surface area contributed by atoms with Gasteiger partial charge in [-0.2, -0.15) is 0 Å². The van der Waals surface area contributed by atoms with Crippen molar-refractivity contribution in [1.29, 1.82) is 0 Å². The van der Waals surface area contributed by atoms with Gasteiger partial charge in [-0.1, -0.05) is 31.9 Å². The summed E-state index contributed by atoms with van der Waals surface area (Å²) in [7, 11) is 0. The number of hydrogen-bond acceptors (Lipinski definition) is 2. The lowest BCUT2D eigenvalue weighted by Gasteiger charge is -2.24. The van der Waals surface area contributed by atoms with Gasteiger partial charge in [-0.05, 0) is 42.9 Å². The standard InChI is InChI=1S/C17H23FN2O/c1-2-15-17(21)20(11-3-4-12-5-6-12)16(19-15)13-7-9-14(18)10-8-13/h7-10,12,15-16,19H,2-6,11H2,1H3. The van der Waals surface area contributed by atoms with Crippen LogP contribution in [0.25, 0.3) is 0 Å². The summed E-state index contributed by atoms with van der Waals surface area (Å²) in [6.07, 6.45) is 5.66. The number of nitrogens with one attached hydrogen (secondary N) is 1. The molecule has 4 heteroatoms. The molecule has 1 aliphatic heterocycles. The van der Waals surface area contributed by atoms with Crippen LogP contribution in [0, 0.1) is 11.7 Å². The first-order valence-electron chi connectivity index (χ1n) is 8.01. The van der Waals surface area contributed by atoms with Gasteiger partial charge in [0.15, 0.2) is 0 Å². The lowest BCUT2D eigenvalue weighted by atomic mass is 10.1. The molecule has 3 rings (SSSR count). The van der Waals surface area contributed by atoms with Crippen LogP contribution in [0.3, 0.4) is 0 Å². The van der Waals surface area contributed by atoms with Crippen LogP contribution in [0.15, 0.2) is 24.3 Å². The van der Waals surface area contributed by atoms with E-state index in [1.165, 1.54) is 31.4 Å². The Kier molecular flexibility index (Phi) is 4.24. The Morgan fingerprint density at radius 2 is 2.00 bits per heavy atom. The monoisotopic (exact) mass is 290 g/mol. The fourth-order valence-corrected chi connectivity index (χ4v) is 3.09. The minimum Gasteiger partial charge on any atom is -0.322 e. The third-order valence-electron chi connectivity index (χ3n) is 4.55. The van der Waals surface area contributed by atoms with Crippen LogP contribution in [-0.2, 0) is 4.79 Å². The SMILES string of the molecule is CCC1NC(c2ccc(F)cc2)N(CCCC2CC2)C1=O. The van der Waals surface area contributed by atoms with E-state index in [-0.39, 0.29) is 23.9 Å². The molecule has 0 spiro atoms. The Morgan fingerprint density at radius 1 is 1.29 bits per heavy atom. The summed E-state index contributed by atoms with van der Waals surface area (Å²) >= 11 is 0. The van der Waals surface area contributed by atoms with Crippen molar-refractivity contribution in [2.45, 2.75) is 51.2 Å². The average molecular weight is 290 g/mol. The van der Waals surface area contributed by atoms with Gasteiger partial charge in [-0.3, -0.25) is 10.1 Å². The van der Waals surface area contributed by atoms with Gasteiger partial charge in [-0.15, -0.1) is 0 Å². The number of amides is 1. The highest BCUT2D eigenvalue weighted by molar-refractivity contribution is 5.84. The Bertz CT molecular complexity index is 498. The number of carbonyl (C=O) groups is 1. The summed E-state index contributed by atoms with van der Waals surface area (Å²) in [5.74, 6) is 0.833. The Labute approximate surface area is 125 Å². The molecule has 1 aromatic rings. The molecule has 2 aliphatic rings. The van der Waals surface area contributed by atoms with E-state index in [1.54, 1.807) is 12.1 Å². The molecular formula is C17H23FN2O. The highest BCUT2D eigenvalue weighted by atomic mass is 19.1. The Morgan fingerprint density at radius 3 is 2.62 bits per heavy atom.